The summed E-state index contributed by atoms with van der Waals surface area (Å²) in [5.74, 6) is 1.59. The van der Waals surface area contributed by atoms with Crippen molar-refractivity contribution in [2.45, 2.75) is 57.1 Å². The third-order valence-corrected chi connectivity index (χ3v) is 7.31. The zero-order chi connectivity index (χ0) is 23.3. The predicted molar refractivity (Wildman–Crippen MR) is 126 cm³/mol. The summed E-state index contributed by atoms with van der Waals surface area (Å²) < 4.78 is 39.1. The molecule has 0 bridgehead atoms. The van der Waals surface area contributed by atoms with Gasteiger partial charge in [-0.15, -0.1) is 0 Å². The lowest BCUT2D eigenvalue weighted by Crippen LogP contribution is -2.35. The highest BCUT2D eigenvalue weighted by atomic mass is 32.2. The van der Waals surface area contributed by atoms with Crippen LogP contribution in [0.4, 0.5) is 5.69 Å². The highest BCUT2D eigenvalue weighted by Crippen LogP contribution is 2.31. The van der Waals surface area contributed by atoms with E-state index in [4.69, 9.17) is 9.26 Å². The molecule has 9 heteroatoms. The van der Waals surface area contributed by atoms with Crippen LogP contribution in [0.3, 0.4) is 0 Å². The van der Waals surface area contributed by atoms with Crippen molar-refractivity contribution in [3.63, 3.8) is 0 Å². The number of aromatic nitrogens is 2. The summed E-state index contributed by atoms with van der Waals surface area (Å²) in [4.78, 5) is 4.70. The monoisotopic (exact) mass is 470 g/mol. The topological polar surface area (TPSA) is 97.6 Å². The molecule has 4 rings (SSSR count). The van der Waals surface area contributed by atoms with Crippen LogP contribution in [0.2, 0.25) is 0 Å². The first-order chi connectivity index (χ1) is 15.9. The van der Waals surface area contributed by atoms with Crippen molar-refractivity contribution < 1.29 is 17.7 Å². The van der Waals surface area contributed by atoms with Gasteiger partial charge in [0.1, 0.15) is 5.75 Å². The molecule has 0 unspecified atom stereocenters. The maximum Gasteiger partial charge on any atom is 0.245 e. The Balaban J connectivity index is 1.51. The maximum atomic E-state index is 13.1. The van der Waals surface area contributed by atoms with Crippen LogP contribution in [-0.2, 0) is 23.0 Å². The Labute approximate surface area is 195 Å². The van der Waals surface area contributed by atoms with Crippen molar-refractivity contribution in [1.29, 1.82) is 0 Å². The van der Waals surface area contributed by atoms with E-state index in [0.717, 1.165) is 24.8 Å². The standard InChI is InChI=1S/C24H30N4O4S/c1-18(2)31-22-12-11-20(33(29,30)28-13-7-4-8-14-28)16-21(22)25-17-24-26-23(27-32-24)15-19-9-5-3-6-10-19/h3,5-6,9-12,16,18,25H,4,7-8,13-15,17H2,1-2H3. The van der Waals surface area contributed by atoms with Crippen LogP contribution in [0.15, 0.2) is 57.9 Å². The second-order valence-corrected chi connectivity index (χ2v) is 10.3. The maximum absolute atomic E-state index is 13.1. The van der Waals surface area contributed by atoms with E-state index in [-0.39, 0.29) is 17.5 Å². The number of nitrogens with one attached hydrogen (secondary N) is 1. The van der Waals surface area contributed by atoms with Gasteiger partial charge in [0.15, 0.2) is 5.82 Å². The van der Waals surface area contributed by atoms with E-state index in [0.29, 0.717) is 42.7 Å². The van der Waals surface area contributed by atoms with Gasteiger partial charge in [0, 0.05) is 19.5 Å². The Hall–Kier alpha value is -2.91. The SMILES string of the molecule is CC(C)Oc1ccc(S(=O)(=O)N2CCCCC2)cc1NCc1nc(Cc2ccccc2)no1. The summed E-state index contributed by atoms with van der Waals surface area (Å²) in [6, 6.07) is 14.9. The number of sulfonamides is 1. The summed E-state index contributed by atoms with van der Waals surface area (Å²) in [7, 11) is -3.56. The third-order valence-electron chi connectivity index (χ3n) is 5.41. The van der Waals surface area contributed by atoms with Crippen LogP contribution in [0.25, 0.3) is 0 Å². The Bertz CT molecular complexity index is 1160. The molecule has 1 fully saturated rings. The fourth-order valence-corrected chi connectivity index (χ4v) is 5.35. The first-order valence-corrected chi connectivity index (χ1v) is 12.8. The highest BCUT2D eigenvalue weighted by Gasteiger charge is 2.27. The molecule has 0 spiro atoms. The number of hydrogen-bond acceptors (Lipinski definition) is 7. The fraction of sp³-hybridized carbons (Fsp3) is 0.417. The van der Waals surface area contributed by atoms with Crippen molar-refractivity contribution in [1.82, 2.24) is 14.4 Å². The number of rotatable bonds is 9. The number of benzene rings is 2. The zero-order valence-electron chi connectivity index (χ0n) is 19.0. The van der Waals surface area contributed by atoms with Crippen LogP contribution < -0.4 is 10.1 Å². The second kappa shape index (κ2) is 10.4. The smallest absolute Gasteiger partial charge is 0.245 e. The summed E-state index contributed by atoms with van der Waals surface area (Å²) in [5, 5.41) is 7.28. The third kappa shape index (κ3) is 5.91. The molecular weight excluding hydrogens is 440 g/mol. The number of anilines is 1. The van der Waals surface area contributed by atoms with Crippen LogP contribution in [0, 0.1) is 0 Å². The van der Waals surface area contributed by atoms with E-state index in [1.54, 1.807) is 22.5 Å². The van der Waals surface area contributed by atoms with E-state index in [2.05, 4.69) is 15.5 Å². The molecule has 0 amide bonds. The molecule has 1 N–H and O–H groups in total. The molecule has 0 aliphatic carbocycles. The Morgan fingerprint density at radius 3 is 2.58 bits per heavy atom. The van der Waals surface area contributed by atoms with Crippen LogP contribution in [-0.4, -0.2) is 42.1 Å². The minimum atomic E-state index is -3.56. The first kappa shape index (κ1) is 23.3. The number of nitrogens with zero attached hydrogens (tertiary/aromatic N) is 3. The molecule has 1 saturated heterocycles. The summed E-state index contributed by atoms with van der Waals surface area (Å²) in [6.45, 7) is 5.22. The van der Waals surface area contributed by atoms with Crippen molar-refractivity contribution in [3.05, 3.63) is 65.8 Å². The molecule has 1 aromatic heterocycles. The predicted octanol–water partition coefficient (Wildman–Crippen LogP) is 4.23. The summed E-state index contributed by atoms with van der Waals surface area (Å²) >= 11 is 0. The van der Waals surface area contributed by atoms with Crippen LogP contribution >= 0.6 is 0 Å². The van der Waals surface area contributed by atoms with Gasteiger partial charge >= 0.3 is 0 Å². The molecule has 176 valence electrons. The van der Waals surface area contributed by atoms with Gasteiger partial charge in [0.25, 0.3) is 0 Å². The second-order valence-electron chi connectivity index (χ2n) is 8.41. The van der Waals surface area contributed by atoms with E-state index in [1.807, 2.05) is 44.2 Å². The van der Waals surface area contributed by atoms with Gasteiger partial charge in [0.05, 0.1) is 23.2 Å². The van der Waals surface area contributed by atoms with Gasteiger partial charge in [-0.2, -0.15) is 9.29 Å². The largest absolute Gasteiger partial charge is 0.489 e. The van der Waals surface area contributed by atoms with Crippen molar-refractivity contribution >= 4 is 15.7 Å². The molecule has 33 heavy (non-hydrogen) atoms. The Morgan fingerprint density at radius 2 is 1.85 bits per heavy atom. The molecule has 1 aliphatic rings. The minimum Gasteiger partial charge on any atom is -0.489 e. The quantitative estimate of drug-likeness (QED) is 0.500. The molecule has 8 nitrogen and oxygen atoms in total. The van der Waals surface area contributed by atoms with Crippen molar-refractivity contribution in [2.75, 3.05) is 18.4 Å². The molecule has 2 aromatic carbocycles. The van der Waals surface area contributed by atoms with Gasteiger partial charge in [-0.1, -0.05) is 41.9 Å². The van der Waals surface area contributed by atoms with E-state index < -0.39 is 10.0 Å². The average molecular weight is 471 g/mol. The van der Waals surface area contributed by atoms with Gasteiger partial charge in [-0.25, -0.2) is 8.42 Å². The molecule has 3 aromatic rings. The number of hydrogen-bond donors (Lipinski definition) is 1. The molecule has 0 saturated carbocycles. The normalized spacial score (nSPS) is 15.0. The van der Waals surface area contributed by atoms with Gasteiger partial charge in [0.2, 0.25) is 15.9 Å². The lowest BCUT2D eigenvalue weighted by atomic mass is 10.1. The molecular formula is C24H30N4O4S. The summed E-state index contributed by atoms with van der Waals surface area (Å²) in [5.41, 5.74) is 1.67. The van der Waals surface area contributed by atoms with Crippen molar-refractivity contribution in [2.24, 2.45) is 0 Å². The minimum absolute atomic E-state index is 0.0593. The van der Waals surface area contributed by atoms with E-state index in [9.17, 15) is 8.42 Å². The lowest BCUT2D eigenvalue weighted by molar-refractivity contribution is 0.243. The summed E-state index contributed by atoms with van der Waals surface area (Å²) in [6.07, 6.45) is 3.37. The first-order valence-electron chi connectivity index (χ1n) is 11.3. The fourth-order valence-electron chi connectivity index (χ4n) is 3.80. The van der Waals surface area contributed by atoms with Gasteiger partial charge in [-0.05, 0) is 50.5 Å². The lowest BCUT2D eigenvalue weighted by Gasteiger charge is -2.26. The Morgan fingerprint density at radius 1 is 1.09 bits per heavy atom. The van der Waals surface area contributed by atoms with Gasteiger partial charge in [-0.3, -0.25) is 0 Å². The van der Waals surface area contributed by atoms with Crippen molar-refractivity contribution in [3.8, 4) is 5.75 Å². The molecule has 0 radical (unpaired) electrons. The number of piperidine rings is 1. The average Bonchev–Trinajstić information content (AvgIpc) is 3.26. The highest BCUT2D eigenvalue weighted by molar-refractivity contribution is 7.89. The van der Waals surface area contributed by atoms with Crippen LogP contribution in [0.5, 0.6) is 5.75 Å². The molecule has 0 atom stereocenters. The van der Waals surface area contributed by atoms with Crippen LogP contribution in [0.1, 0.15) is 50.4 Å². The Kier molecular flexibility index (Phi) is 7.29. The van der Waals surface area contributed by atoms with Gasteiger partial charge < -0.3 is 14.6 Å². The zero-order valence-corrected chi connectivity index (χ0v) is 19.8. The van der Waals surface area contributed by atoms with E-state index >= 15 is 0 Å². The van der Waals surface area contributed by atoms with E-state index in [1.165, 1.54) is 0 Å². The molecule has 2 heterocycles. The number of ether oxygens (including phenoxy) is 1. The molecule has 1 aliphatic heterocycles.